The lowest BCUT2D eigenvalue weighted by molar-refractivity contribution is 1.41. The number of aryl methyl sites for hydroxylation is 19. The first kappa shape index (κ1) is 83.5. The third-order valence-electron chi connectivity index (χ3n) is 18.7. The summed E-state index contributed by atoms with van der Waals surface area (Å²) in [6, 6.07) is 60.7. The minimum Gasteiger partial charge on any atom is -0.140 e. The van der Waals surface area contributed by atoms with Gasteiger partial charge in [0.15, 0.2) is 0 Å². The van der Waals surface area contributed by atoms with Crippen molar-refractivity contribution in [3.63, 3.8) is 0 Å². The third-order valence-corrected chi connectivity index (χ3v) is 40.8. The predicted octanol–water partition coefficient (Wildman–Crippen LogP) is 37.7. The van der Waals surface area contributed by atoms with Crippen LogP contribution in [0.4, 0.5) is 0 Å². The Bertz CT molecular complexity index is 5850. The van der Waals surface area contributed by atoms with Gasteiger partial charge in [0, 0.05) is 176 Å². The third kappa shape index (κ3) is 20.4. The van der Waals surface area contributed by atoms with Crippen molar-refractivity contribution in [2.45, 2.75) is 145 Å². The Kier molecular flexibility index (Phi) is 27.7. The van der Waals surface area contributed by atoms with E-state index in [0.29, 0.717) is 0 Å². The van der Waals surface area contributed by atoms with Gasteiger partial charge in [0.1, 0.15) is 0 Å². The van der Waals surface area contributed by atoms with Crippen LogP contribution in [0.1, 0.15) is 109 Å². The number of hydrogen-bond donors (Lipinski definition) is 0. The summed E-state index contributed by atoms with van der Waals surface area (Å²) in [4.78, 5) is 50.4. The molecule has 0 atom stereocenters. The molecule has 0 unspecified atom stereocenters. The molecule has 0 aliphatic heterocycles. The summed E-state index contributed by atoms with van der Waals surface area (Å²) in [5.41, 5.74) is 12.7. The fourth-order valence-corrected chi connectivity index (χ4v) is 31.8. The largest absolute Gasteiger partial charge is 0.140 e. The van der Waals surface area contributed by atoms with E-state index in [4.69, 9.17) is 0 Å². The normalized spacial score (nSPS) is 11.1. The topological polar surface area (TPSA) is 0 Å². The second-order valence-electron chi connectivity index (χ2n) is 27.9. The Hall–Kier alpha value is -5.40. The average Bonchev–Trinajstić information content (AvgIpc) is 1.60. The zero-order valence-corrected chi connectivity index (χ0v) is 81.1. The van der Waals surface area contributed by atoms with Gasteiger partial charge in [-0.15, -0.1) is 204 Å². The van der Waals surface area contributed by atoms with Gasteiger partial charge in [0.2, 0.25) is 0 Å². The molecule has 0 amide bonds. The molecule has 570 valence electrons. The van der Waals surface area contributed by atoms with Crippen LogP contribution >= 0.6 is 204 Å². The Labute approximate surface area is 730 Å². The van der Waals surface area contributed by atoms with Crippen molar-refractivity contribution in [2.75, 3.05) is 0 Å². The SMILES string of the molecule is Cc1cc(-c2ccc(-c3cc(C)c(C)s3)s2)sc1C.Cc1cc(C)c(-c2ccc(-c3cc(C)c(C)s3)s2)s1.Cc1cc(C)c(-c2ccc(-c3sc(C)cc3C)s2)s1.Cc1ccc(-c2cc(C)c(-c3ccc(C)s3)s2)s1.Cc1ccc(-c2ccc(-c3ccc(C)s3)s2)s1.Cc1ccc(-c2sc(-c3ccc(C)s3)c(C)c2C)s1. The molecule has 18 aromatic heterocycles. The summed E-state index contributed by atoms with van der Waals surface area (Å²) in [6.07, 6.45) is 0. The highest BCUT2D eigenvalue weighted by Crippen LogP contribution is 2.50. The zero-order chi connectivity index (χ0) is 78.8. The quantitative estimate of drug-likeness (QED) is 0.114. The molecule has 0 radical (unpaired) electrons. The van der Waals surface area contributed by atoms with Gasteiger partial charge in [0.05, 0.1) is 0 Å². The lowest BCUT2D eigenvalue weighted by Crippen LogP contribution is -1.75. The van der Waals surface area contributed by atoms with E-state index in [0.717, 1.165) is 0 Å². The van der Waals surface area contributed by atoms with E-state index in [9.17, 15) is 0 Å². The number of thiophene rings is 18. The van der Waals surface area contributed by atoms with Crippen molar-refractivity contribution < 1.29 is 0 Å². The molecule has 0 nitrogen and oxygen atoms in total. The van der Waals surface area contributed by atoms with Gasteiger partial charge in [0.25, 0.3) is 0 Å². The van der Waals surface area contributed by atoms with E-state index in [1.165, 1.54) is 226 Å². The van der Waals surface area contributed by atoms with E-state index in [2.05, 4.69) is 309 Å². The summed E-state index contributed by atoms with van der Waals surface area (Å²) in [5.74, 6) is 0. The van der Waals surface area contributed by atoms with Crippen LogP contribution in [0.2, 0.25) is 0 Å². The van der Waals surface area contributed by atoms with Gasteiger partial charge in [-0.25, -0.2) is 0 Å². The van der Waals surface area contributed by atoms with Crippen LogP contribution in [0, 0.1) is 145 Å². The Balaban J connectivity index is 0.000000117. The average molecular weight is 1780 g/mol. The van der Waals surface area contributed by atoms with Crippen molar-refractivity contribution in [3.05, 3.63) is 272 Å². The van der Waals surface area contributed by atoms with Crippen LogP contribution in [-0.4, -0.2) is 0 Å². The van der Waals surface area contributed by atoms with Crippen molar-refractivity contribution in [1.82, 2.24) is 0 Å². The summed E-state index contributed by atoms with van der Waals surface area (Å²) in [7, 11) is 0. The molecule has 0 spiro atoms. The molecule has 111 heavy (non-hydrogen) atoms. The highest BCUT2D eigenvalue weighted by atomic mass is 32.2. The summed E-state index contributed by atoms with van der Waals surface area (Å²) < 4.78 is 0. The van der Waals surface area contributed by atoms with Crippen LogP contribution in [-0.2, 0) is 0 Å². The molecule has 18 rings (SSSR count). The van der Waals surface area contributed by atoms with Crippen molar-refractivity contribution in [2.24, 2.45) is 0 Å². The van der Waals surface area contributed by atoms with Gasteiger partial charge < -0.3 is 0 Å². The molecular formula is C93H90S18. The summed E-state index contributed by atoms with van der Waals surface area (Å²) in [6.45, 7) is 46.0. The van der Waals surface area contributed by atoms with Crippen LogP contribution in [0.5, 0.6) is 0 Å². The first-order valence-electron chi connectivity index (χ1n) is 36.5. The highest BCUT2D eigenvalue weighted by molar-refractivity contribution is 7.30. The number of rotatable bonds is 12. The minimum atomic E-state index is 1.38. The number of hydrogen-bond acceptors (Lipinski definition) is 18. The Morgan fingerprint density at radius 1 is 0.126 bits per heavy atom. The van der Waals surface area contributed by atoms with E-state index >= 15 is 0 Å². The second-order valence-corrected chi connectivity index (χ2v) is 49.6. The molecule has 0 saturated carbocycles. The molecule has 18 heteroatoms. The highest BCUT2D eigenvalue weighted by Gasteiger charge is 2.20. The van der Waals surface area contributed by atoms with Crippen molar-refractivity contribution in [1.29, 1.82) is 0 Å². The maximum atomic E-state index is 2.32. The van der Waals surface area contributed by atoms with Crippen LogP contribution in [0.3, 0.4) is 0 Å². The first-order chi connectivity index (χ1) is 53.0. The van der Waals surface area contributed by atoms with Gasteiger partial charge in [-0.05, 0) is 359 Å². The van der Waals surface area contributed by atoms with Crippen LogP contribution in [0.25, 0.3) is 117 Å². The van der Waals surface area contributed by atoms with Crippen LogP contribution in [0.15, 0.2) is 164 Å². The Morgan fingerprint density at radius 3 is 0.577 bits per heavy atom. The molecule has 0 saturated heterocycles. The monoisotopic (exact) mass is 1780 g/mol. The standard InChI is InChI=1S/4C16H16S3.C15H14S3.C14H12S3/c1-9-5-7-13(17-9)15-11(3)12(4)16(19-15)14-8-6-10(2)18-14;1-9-8-15(18-12(9)4)13-5-6-14(19-13)16-10(2)7-11(3)17-16;1-9-7-15(17-11(9)3)13-5-6-14(19-13)16-8-10(2)12(4)18-16;1-9-7-11(3)17-15(9)13-5-6-14(19-13)16-10(2)8-12(4)18-16;1-9-8-14(12-6-4-10(2)16-12)18-15(9)13-7-5-11(3)17-13;1-9-3-5-11(15-9)13-7-8-14(17-13)12-6-4-10(2)16-12/h4*5-8H,1-4H3;4-8H,1-3H3;3-8H,1-2H3. The fourth-order valence-electron chi connectivity index (χ4n) is 12.4. The molecular weight excluding hydrogens is 1690 g/mol. The minimum absolute atomic E-state index is 1.38. The molecule has 0 aromatic carbocycles. The lowest BCUT2D eigenvalue weighted by Gasteiger charge is -1.95. The van der Waals surface area contributed by atoms with Crippen molar-refractivity contribution >= 4 is 204 Å². The van der Waals surface area contributed by atoms with E-state index < -0.39 is 0 Å². The maximum Gasteiger partial charge on any atom is 0.0481 e. The van der Waals surface area contributed by atoms with Gasteiger partial charge in [-0.3, -0.25) is 0 Å². The molecule has 0 aliphatic rings. The summed E-state index contributed by atoms with van der Waals surface area (Å²) in [5, 5.41) is 0. The lowest BCUT2D eigenvalue weighted by atomic mass is 10.1. The van der Waals surface area contributed by atoms with E-state index in [1.54, 1.807) is 0 Å². The first-order valence-corrected chi connectivity index (χ1v) is 51.2. The molecule has 0 fully saturated rings. The van der Waals surface area contributed by atoms with E-state index in [1.807, 2.05) is 204 Å². The molecule has 18 heterocycles. The second kappa shape index (κ2) is 36.8. The molecule has 18 aromatic rings. The van der Waals surface area contributed by atoms with E-state index in [-0.39, 0.29) is 0 Å². The van der Waals surface area contributed by atoms with Gasteiger partial charge in [-0.2, -0.15) is 0 Å². The summed E-state index contributed by atoms with van der Waals surface area (Å²) >= 11 is 34.1. The van der Waals surface area contributed by atoms with Gasteiger partial charge >= 0.3 is 0 Å². The van der Waals surface area contributed by atoms with Crippen molar-refractivity contribution in [3.8, 4) is 117 Å². The molecule has 0 N–H and O–H groups in total. The van der Waals surface area contributed by atoms with Gasteiger partial charge in [-0.1, -0.05) is 0 Å². The maximum absolute atomic E-state index is 2.32. The molecule has 0 aliphatic carbocycles. The Morgan fingerprint density at radius 2 is 0.315 bits per heavy atom. The fraction of sp³-hybridized carbons (Fsp3) is 0.226. The predicted molar refractivity (Wildman–Crippen MR) is 525 cm³/mol. The van der Waals surface area contributed by atoms with Crippen LogP contribution < -0.4 is 0 Å². The smallest absolute Gasteiger partial charge is 0.0481 e. The zero-order valence-electron chi connectivity index (χ0n) is 66.4. The molecule has 0 bridgehead atoms.